The summed E-state index contributed by atoms with van der Waals surface area (Å²) in [4.78, 5) is 40.1. The molecule has 1 N–H and O–H groups in total. The first-order chi connectivity index (χ1) is 16.0. The molecule has 172 valence electrons. The zero-order chi connectivity index (χ0) is 23.4. The maximum Gasteiger partial charge on any atom is 0.357 e. The second-order valence-electron chi connectivity index (χ2n) is 7.59. The molecule has 1 saturated heterocycles. The Morgan fingerprint density at radius 1 is 1.15 bits per heavy atom. The normalized spacial score (nSPS) is 20.5. The summed E-state index contributed by atoms with van der Waals surface area (Å²) in [6.45, 7) is 0. The van der Waals surface area contributed by atoms with Crippen molar-refractivity contribution in [2.75, 3.05) is 17.3 Å². The summed E-state index contributed by atoms with van der Waals surface area (Å²) in [5, 5.41) is 2.49. The molecule has 2 amide bonds. The third-order valence-electron chi connectivity index (χ3n) is 5.43. The molecule has 0 bridgehead atoms. The molecule has 33 heavy (non-hydrogen) atoms. The van der Waals surface area contributed by atoms with Gasteiger partial charge in [0.05, 0.1) is 6.42 Å². The predicted molar refractivity (Wildman–Crippen MR) is 133 cm³/mol. The topological polar surface area (TPSA) is 84.9 Å². The van der Waals surface area contributed by atoms with E-state index in [4.69, 9.17) is 9.47 Å². The van der Waals surface area contributed by atoms with Gasteiger partial charge in [0.15, 0.2) is 0 Å². The molecule has 0 spiro atoms. The van der Waals surface area contributed by atoms with Gasteiger partial charge in [-0.25, -0.2) is 4.79 Å². The Balaban J connectivity index is 1.46. The third kappa shape index (κ3) is 5.10. The molecule has 2 aromatic rings. The Hall–Kier alpha value is -2.37. The van der Waals surface area contributed by atoms with Crippen LogP contribution in [0.4, 0.5) is 0 Å². The number of ether oxygens (including phenoxy) is 2. The lowest BCUT2D eigenvalue weighted by Crippen LogP contribution is -2.70. The number of methoxy groups -OCH3 is 1. The summed E-state index contributed by atoms with van der Waals surface area (Å²) in [5.41, 5.74) is 2.65. The molecule has 0 saturated carbocycles. The number of fused-ring (bicyclic) bond motifs is 1. The molecule has 0 aliphatic carbocycles. The summed E-state index contributed by atoms with van der Waals surface area (Å²) in [6, 6.07) is 17.8. The number of rotatable bonds is 8. The van der Waals surface area contributed by atoms with Gasteiger partial charge in [-0.05, 0) is 11.1 Å². The first kappa shape index (κ1) is 23.8. The van der Waals surface area contributed by atoms with Gasteiger partial charge >= 0.3 is 5.97 Å². The second kappa shape index (κ2) is 10.7. The number of benzene rings is 2. The fourth-order valence-electron chi connectivity index (χ4n) is 3.80. The minimum Gasteiger partial charge on any atom is -0.427 e. The van der Waals surface area contributed by atoms with Crippen LogP contribution in [0.15, 0.2) is 71.9 Å². The van der Waals surface area contributed by atoms with Crippen LogP contribution in [0.3, 0.4) is 0 Å². The predicted octanol–water partition coefficient (Wildman–Crippen LogP) is 3.21. The summed E-state index contributed by atoms with van der Waals surface area (Å²) < 4.78 is 11.6. The number of amides is 2. The molecular formula is C24H23IN2O5S. The van der Waals surface area contributed by atoms with Gasteiger partial charge in [0.2, 0.25) is 12.2 Å². The van der Waals surface area contributed by atoms with Crippen LogP contribution in [0.5, 0.6) is 0 Å². The van der Waals surface area contributed by atoms with E-state index < -0.39 is 18.3 Å². The molecule has 9 heteroatoms. The van der Waals surface area contributed by atoms with E-state index in [2.05, 4.69) is 27.9 Å². The van der Waals surface area contributed by atoms with Gasteiger partial charge in [-0.2, -0.15) is 0 Å². The molecule has 4 rings (SSSR count). The summed E-state index contributed by atoms with van der Waals surface area (Å²) in [6.07, 6.45) is -0.689. The fourth-order valence-corrected chi connectivity index (χ4v) is 6.14. The molecule has 2 unspecified atom stereocenters. The highest BCUT2D eigenvalue weighted by Gasteiger charge is 2.54. The average Bonchev–Trinajstić information content (AvgIpc) is 2.85. The summed E-state index contributed by atoms with van der Waals surface area (Å²) in [7, 11) is 1.46. The number of carbonyl (C=O) groups is 3. The number of nitrogens with one attached hydrogen (secondary N) is 1. The lowest BCUT2D eigenvalue weighted by atomic mass is 10.0. The third-order valence-corrected chi connectivity index (χ3v) is 7.69. The molecule has 2 aromatic carbocycles. The van der Waals surface area contributed by atoms with Gasteiger partial charge < -0.3 is 14.8 Å². The van der Waals surface area contributed by atoms with Gasteiger partial charge in [-0.1, -0.05) is 83.3 Å². The molecular weight excluding hydrogens is 555 g/mol. The Morgan fingerprint density at radius 3 is 2.45 bits per heavy atom. The molecule has 0 aromatic heterocycles. The van der Waals surface area contributed by atoms with Crippen LogP contribution >= 0.6 is 34.4 Å². The van der Waals surface area contributed by atoms with Crippen LogP contribution in [-0.2, 0) is 30.3 Å². The van der Waals surface area contributed by atoms with Gasteiger partial charge in [-0.15, -0.1) is 11.8 Å². The number of carbonyl (C=O) groups excluding carboxylic acids is 3. The largest absolute Gasteiger partial charge is 0.427 e. The zero-order valence-corrected chi connectivity index (χ0v) is 20.9. The maximum absolute atomic E-state index is 13.2. The molecule has 0 radical (unpaired) electrons. The zero-order valence-electron chi connectivity index (χ0n) is 17.9. The molecule has 2 aliphatic rings. The highest BCUT2D eigenvalue weighted by Crippen LogP contribution is 2.41. The highest BCUT2D eigenvalue weighted by atomic mass is 127. The van der Waals surface area contributed by atoms with Crippen molar-refractivity contribution in [2.24, 2.45) is 0 Å². The number of esters is 1. The number of β-lactam (4-membered cyclic amide) rings is 1. The van der Waals surface area contributed by atoms with Crippen molar-refractivity contribution in [3.8, 4) is 0 Å². The maximum atomic E-state index is 13.2. The molecule has 2 heterocycles. The van der Waals surface area contributed by atoms with E-state index in [-0.39, 0.29) is 29.3 Å². The Morgan fingerprint density at radius 2 is 1.82 bits per heavy atom. The molecule has 2 aliphatic heterocycles. The highest BCUT2D eigenvalue weighted by molar-refractivity contribution is 14.1. The molecule has 1 fully saturated rings. The van der Waals surface area contributed by atoms with Crippen molar-refractivity contribution >= 4 is 52.1 Å². The van der Waals surface area contributed by atoms with E-state index >= 15 is 0 Å². The first-order valence-corrected chi connectivity index (χ1v) is 13.0. The van der Waals surface area contributed by atoms with Crippen LogP contribution in [0.1, 0.15) is 17.4 Å². The number of halogens is 1. The Labute approximate surface area is 210 Å². The van der Waals surface area contributed by atoms with E-state index in [1.165, 1.54) is 23.8 Å². The van der Waals surface area contributed by atoms with Gasteiger partial charge in [0.25, 0.3) is 5.91 Å². The number of thioether (sulfide) groups is 1. The van der Waals surface area contributed by atoms with Crippen molar-refractivity contribution in [3.05, 3.63) is 83.1 Å². The van der Waals surface area contributed by atoms with E-state index in [0.29, 0.717) is 15.7 Å². The van der Waals surface area contributed by atoms with Crippen molar-refractivity contribution in [1.82, 2.24) is 10.2 Å². The van der Waals surface area contributed by atoms with Crippen LogP contribution in [-0.4, -0.2) is 51.4 Å². The van der Waals surface area contributed by atoms with Crippen LogP contribution in [0, 0.1) is 0 Å². The second-order valence-corrected chi connectivity index (χ2v) is 9.45. The van der Waals surface area contributed by atoms with Crippen LogP contribution in [0.2, 0.25) is 0 Å². The van der Waals surface area contributed by atoms with E-state index in [1.807, 2.05) is 60.7 Å². The lowest BCUT2D eigenvalue weighted by molar-refractivity contribution is -0.175. The average molecular weight is 578 g/mol. The molecule has 7 nitrogen and oxygen atoms in total. The Bertz CT molecular complexity index is 1060. The number of hydrogen-bond acceptors (Lipinski definition) is 6. The van der Waals surface area contributed by atoms with Crippen molar-refractivity contribution in [3.63, 3.8) is 0 Å². The SMILES string of the molecule is COC(OC(=O)C1=C(CI)CS[C@H]2C(NC(=O)Cc3ccccc3)C(=O)N12)c1ccccc1. The number of alkyl halides is 1. The quantitative estimate of drug-likeness (QED) is 0.170. The monoisotopic (exact) mass is 578 g/mol. The summed E-state index contributed by atoms with van der Waals surface area (Å²) >= 11 is 3.71. The number of hydrogen-bond donors (Lipinski definition) is 1. The van der Waals surface area contributed by atoms with E-state index in [9.17, 15) is 14.4 Å². The van der Waals surface area contributed by atoms with Crippen molar-refractivity contribution < 1.29 is 23.9 Å². The minimum absolute atomic E-state index is 0.193. The smallest absolute Gasteiger partial charge is 0.357 e. The standard InChI is InChI=1S/C24H23IN2O5S/c1-31-24(16-10-6-3-7-11-16)32-23(30)20-17(13-25)14-33-22-19(21(29)27(20)22)26-18(28)12-15-8-4-2-5-9-15/h2-11,19,22,24H,12-14H2,1H3,(H,26,28)/t19?,22-,24?/m0/s1. The van der Waals surface area contributed by atoms with Gasteiger partial charge in [0.1, 0.15) is 17.1 Å². The van der Waals surface area contributed by atoms with Gasteiger partial charge in [0, 0.05) is 22.9 Å². The van der Waals surface area contributed by atoms with Crippen molar-refractivity contribution in [2.45, 2.75) is 24.1 Å². The van der Waals surface area contributed by atoms with Crippen LogP contribution in [0.25, 0.3) is 0 Å². The summed E-state index contributed by atoms with van der Waals surface area (Å²) in [5.74, 6) is -0.562. The van der Waals surface area contributed by atoms with Gasteiger partial charge in [-0.3, -0.25) is 14.5 Å². The van der Waals surface area contributed by atoms with E-state index in [1.54, 1.807) is 0 Å². The Kier molecular flexibility index (Phi) is 7.71. The van der Waals surface area contributed by atoms with E-state index in [0.717, 1.165) is 11.1 Å². The lowest BCUT2D eigenvalue weighted by Gasteiger charge is -2.49. The number of nitrogens with zero attached hydrogens (tertiary/aromatic N) is 1. The van der Waals surface area contributed by atoms with Crippen LogP contribution < -0.4 is 5.32 Å². The minimum atomic E-state index is -0.882. The van der Waals surface area contributed by atoms with Crippen molar-refractivity contribution in [1.29, 1.82) is 0 Å². The first-order valence-electron chi connectivity index (χ1n) is 10.4. The molecule has 3 atom stereocenters. The fraction of sp³-hybridized carbons (Fsp3) is 0.292.